The van der Waals surface area contributed by atoms with E-state index in [1.54, 1.807) is 12.0 Å². The van der Waals surface area contributed by atoms with E-state index in [-0.39, 0.29) is 11.5 Å². The standard InChI is InChI=1S/C24H31NO5/c1-24-8-7-16-17(19(24)5-6-22(24)26)4-3-15-13-21(20(28-2)14-18(15)16)30-23(27)25-9-11-29-12-10-25/h13-14,16-17,19H,3-12H2,1-2H3. The summed E-state index contributed by atoms with van der Waals surface area (Å²) in [6.45, 7) is 4.39. The molecule has 3 aliphatic carbocycles. The summed E-state index contributed by atoms with van der Waals surface area (Å²) in [6, 6.07) is 4.10. The topological polar surface area (TPSA) is 65.1 Å². The van der Waals surface area contributed by atoms with Gasteiger partial charge in [0.25, 0.3) is 0 Å². The summed E-state index contributed by atoms with van der Waals surface area (Å²) in [4.78, 5) is 26.8. The van der Waals surface area contributed by atoms with Crippen LogP contribution in [0.25, 0.3) is 0 Å². The number of carbonyl (C=O) groups is 2. The summed E-state index contributed by atoms with van der Waals surface area (Å²) in [5.74, 6) is 3.13. The van der Waals surface area contributed by atoms with Gasteiger partial charge in [0.15, 0.2) is 11.5 Å². The largest absolute Gasteiger partial charge is 0.493 e. The molecule has 1 aromatic carbocycles. The Bertz CT molecular complexity index is 861. The number of amides is 1. The van der Waals surface area contributed by atoms with Crippen LogP contribution in [0, 0.1) is 17.3 Å². The molecule has 2 saturated carbocycles. The van der Waals surface area contributed by atoms with Crippen molar-refractivity contribution in [2.24, 2.45) is 17.3 Å². The quantitative estimate of drug-likeness (QED) is 0.735. The molecule has 0 N–H and O–H groups in total. The number of aryl methyl sites for hydroxylation is 1. The average Bonchev–Trinajstić information content (AvgIpc) is 3.08. The summed E-state index contributed by atoms with van der Waals surface area (Å²) >= 11 is 0. The van der Waals surface area contributed by atoms with Gasteiger partial charge in [-0.15, -0.1) is 0 Å². The molecular weight excluding hydrogens is 382 g/mol. The molecule has 3 fully saturated rings. The van der Waals surface area contributed by atoms with Crippen molar-refractivity contribution in [1.82, 2.24) is 4.90 Å². The molecule has 1 heterocycles. The molecule has 0 radical (unpaired) electrons. The lowest BCUT2D eigenvalue weighted by Gasteiger charge is -2.48. The lowest BCUT2D eigenvalue weighted by atomic mass is 9.55. The van der Waals surface area contributed by atoms with Crippen LogP contribution >= 0.6 is 0 Å². The highest BCUT2D eigenvalue weighted by Gasteiger charge is 2.54. The Morgan fingerprint density at radius 3 is 2.70 bits per heavy atom. The molecule has 4 unspecified atom stereocenters. The molecule has 162 valence electrons. The number of ether oxygens (including phenoxy) is 3. The van der Waals surface area contributed by atoms with Gasteiger partial charge in [-0.2, -0.15) is 0 Å². The van der Waals surface area contributed by atoms with E-state index in [2.05, 4.69) is 13.0 Å². The summed E-state index contributed by atoms with van der Waals surface area (Å²) in [6.07, 6.45) is 5.54. The number of ketones is 1. The summed E-state index contributed by atoms with van der Waals surface area (Å²) in [5.41, 5.74) is 2.47. The zero-order valence-corrected chi connectivity index (χ0v) is 17.9. The lowest BCUT2D eigenvalue weighted by molar-refractivity contribution is -0.129. The number of benzene rings is 1. The van der Waals surface area contributed by atoms with E-state index < -0.39 is 0 Å². The highest BCUT2D eigenvalue weighted by Crippen LogP contribution is 2.60. The molecule has 0 aromatic heterocycles. The third-order valence-electron chi connectivity index (χ3n) is 8.18. The average molecular weight is 414 g/mol. The first kappa shape index (κ1) is 19.9. The van der Waals surface area contributed by atoms with Crippen LogP contribution in [0.4, 0.5) is 4.79 Å². The number of methoxy groups -OCH3 is 1. The van der Waals surface area contributed by atoms with Gasteiger partial charge in [0, 0.05) is 24.9 Å². The minimum Gasteiger partial charge on any atom is -0.493 e. The van der Waals surface area contributed by atoms with Crippen molar-refractivity contribution in [2.45, 2.75) is 51.4 Å². The highest BCUT2D eigenvalue weighted by molar-refractivity contribution is 5.87. The van der Waals surface area contributed by atoms with Gasteiger partial charge >= 0.3 is 6.09 Å². The predicted octanol–water partition coefficient (Wildman–Crippen LogP) is 3.95. The van der Waals surface area contributed by atoms with Gasteiger partial charge in [-0.05, 0) is 73.1 Å². The normalized spacial score (nSPS) is 32.8. The Labute approximate surface area is 177 Å². The van der Waals surface area contributed by atoms with Crippen LogP contribution in [0.2, 0.25) is 0 Å². The van der Waals surface area contributed by atoms with Gasteiger partial charge in [-0.3, -0.25) is 4.79 Å². The number of morpholine rings is 1. The number of carbonyl (C=O) groups excluding carboxylic acids is 2. The van der Waals surface area contributed by atoms with Crippen LogP contribution in [0.1, 0.15) is 56.1 Å². The second-order valence-corrected chi connectivity index (χ2v) is 9.50. The van der Waals surface area contributed by atoms with E-state index in [9.17, 15) is 9.59 Å². The minimum atomic E-state index is -0.344. The van der Waals surface area contributed by atoms with Gasteiger partial charge in [0.2, 0.25) is 0 Å². The van der Waals surface area contributed by atoms with Crippen molar-refractivity contribution >= 4 is 11.9 Å². The molecule has 1 amide bonds. The zero-order chi connectivity index (χ0) is 20.9. The van der Waals surface area contributed by atoms with E-state index in [1.165, 1.54) is 11.1 Å². The van der Waals surface area contributed by atoms with Crippen LogP contribution in [0.15, 0.2) is 12.1 Å². The van der Waals surface area contributed by atoms with Gasteiger partial charge < -0.3 is 19.1 Å². The Kier molecular flexibility index (Phi) is 5.00. The Balaban J connectivity index is 1.41. The van der Waals surface area contributed by atoms with Crippen molar-refractivity contribution in [3.8, 4) is 11.5 Å². The van der Waals surface area contributed by atoms with Crippen molar-refractivity contribution in [2.75, 3.05) is 33.4 Å². The lowest BCUT2D eigenvalue weighted by Crippen LogP contribution is -2.42. The van der Waals surface area contributed by atoms with Crippen molar-refractivity contribution in [1.29, 1.82) is 0 Å². The fourth-order valence-electron chi connectivity index (χ4n) is 6.49. The van der Waals surface area contributed by atoms with Crippen LogP contribution in [-0.4, -0.2) is 50.2 Å². The SMILES string of the molecule is COc1cc2c(cc1OC(=O)N1CCOCC1)CCC1C2CCC2(C)C(=O)CCC12. The van der Waals surface area contributed by atoms with Crippen molar-refractivity contribution in [3.05, 3.63) is 23.3 Å². The maximum absolute atomic E-state index is 12.6. The van der Waals surface area contributed by atoms with Gasteiger partial charge in [0.1, 0.15) is 5.78 Å². The van der Waals surface area contributed by atoms with Crippen LogP contribution in [0.3, 0.4) is 0 Å². The number of nitrogens with zero attached hydrogens (tertiary/aromatic N) is 1. The smallest absolute Gasteiger partial charge is 0.415 e. The number of Topliss-reactive ketones (excluding diaryl/α,β-unsaturated/α-hetero) is 1. The number of rotatable bonds is 2. The Hall–Kier alpha value is -2.08. The molecule has 0 bridgehead atoms. The maximum atomic E-state index is 12.6. The first-order valence-corrected chi connectivity index (χ1v) is 11.3. The molecule has 0 spiro atoms. The summed E-state index contributed by atoms with van der Waals surface area (Å²) in [5, 5.41) is 0. The first-order chi connectivity index (χ1) is 14.5. The van der Waals surface area contributed by atoms with Gasteiger partial charge in [0.05, 0.1) is 20.3 Å². The number of fused-ring (bicyclic) bond motifs is 5. The second kappa shape index (κ2) is 7.56. The van der Waals surface area contributed by atoms with Gasteiger partial charge in [-0.1, -0.05) is 6.92 Å². The van der Waals surface area contributed by atoms with Crippen LogP contribution < -0.4 is 9.47 Å². The molecule has 5 rings (SSSR count). The van der Waals surface area contributed by atoms with E-state index in [1.807, 2.05) is 6.07 Å². The molecule has 1 saturated heterocycles. The third kappa shape index (κ3) is 3.11. The summed E-state index contributed by atoms with van der Waals surface area (Å²) < 4.78 is 16.7. The third-order valence-corrected chi connectivity index (χ3v) is 8.18. The molecule has 6 heteroatoms. The van der Waals surface area contributed by atoms with Crippen molar-refractivity contribution in [3.63, 3.8) is 0 Å². The predicted molar refractivity (Wildman–Crippen MR) is 111 cm³/mol. The maximum Gasteiger partial charge on any atom is 0.415 e. The monoisotopic (exact) mass is 413 g/mol. The van der Waals surface area contributed by atoms with Crippen LogP contribution in [-0.2, 0) is 16.0 Å². The molecule has 30 heavy (non-hydrogen) atoms. The molecule has 4 aliphatic rings. The molecule has 6 nitrogen and oxygen atoms in total. The van der Waals surface area contributed by atoms with E-state index in [4.69, 9.17) is 14.2 Å². The fraction of sp³-hybridized carbons (Fsp3) is 0.667. The molecule has 1 aromatic rings. The number of hydrogen-bond donors (Lipinski definition) is 0. The number of hydrogen-bond acceptors (Lipinski definition) is 5. The minimum absolute atomic E-state index is 0.115. The first-order valence-electron chi connectivity index (χ1n) is 11.3. The molecule has 1 aliphatic heterocycles. The van der Waals surface area contributed by atoms with Crippen LogP contribution in [0.5, 0.6) is 11.5 Å². The second-order valence-electron chi connectivity index (χ2n) is 9.50. The molecule has 4 atom stereocenters. The van der Waals surface area contributed by atoms with E-state index in [0.717, 1.165) is 38.5 Å². The van der Waals surface area contributed by atoms with Gasteiger partial charge in [-0.25, -0.2) is 4.79 Å². The fourth-order valence-corrected chi connectivity index (χ4v) is 6.49. The Morgan fingerprint density at radius 1 is 1.13 bits per heavy atom. The van der Waals surface area contributed by atoms with E-state index in [0.29, 0.717) is 61.3 Å². The molecular formula is C24H31NO5. The zero-order valence-electron chi connectivity index (χ0n) is 17.9. The van der Waals surface area contributed by atoms with Crippen molar-refractivity contribution < 1.29 is 23.8 Å². The summed E-state index contributed by atoms with van der Waals surface area (Å²) in [7, 11) is 1.63. The highest BCUT2D eigenvalue weighted by atomic mass is 16.6. The van der Waals surface area contributed by atoms with E-state index >= 15 is 0 Å². The Morgan fingerprint density at radius 2 is 1.93 bits per heavy atom.